The number of rotatable bonds is 11. The van der Waals surface area contributed by atoms with Crippen LogP contribution in [0.2, 0.25) is 0 Å². The number of hydrogen-bond acceptors (Lipinski definition) is 4. The number of aromatic nitrogens is 2. The third-order valence-electron chi connectivity index (χ3n) is 4.70. The lowest BCUT2D eigenvalue weighted by atomic mass is 10.1. The third kappa shape index (κ3) is 6.40. The zero-order valence-electron chi connectivity index (χ0n) is 16.9. The van der Waals surface area contributed by atoms with Gasteiger partial charge in [0.2, 0.25) is 11.8 Å². The van der Waals surface area contributed by atoms with Gasteiger partial charge in [-0.15, -0.1) is 5.10 Å². The van der Waals surface area contributed by atoms with E-state index in [0.29, 0.717) is 19.0 Å². The number of carbonyl (C=O) groups is 1. The fraction of sp³-hybridized carbons (Fsp3) is 0.524. The Labute approximate surface area is 162 Å². The van der Waals surface area contributed by atoms with Crippen LogP contribution in [0.4, 0.5) is 0 Å². The minimum atomic E-state index is -0.222. The standard InChI is InChI=1S/C21H32N4O2/c1-5-25(6-2)14-10-13-22-21(26)17(3)16-27-20-15-19(24(4)23-20)18-11-8-7-9-12-18/h7-9,11-12,15,17H,5-6,10,13-14,16H2,1-4H3,(H,22,26). The van der Waals surface area contributed by atoms with E-state index >= 15 is 0 Å². The number of aryl methyl sites for hydroxylation is 1. The van der Waals surface area contributed by atoms with Crippen LogP contribution in [0.3, 0.4) is 0 Å². The molecule has 0 spiro atoms. The van der Waals surface area contributed by atoms with E-state index in [1.165, 1.54) is 0 Å². The van der Waals surface area contributed by atoms with E-state index in [9.17, 15) is 4.79 Å². The predicted octanol–water partition coefficient (Wildman–Crippen LogP) is 2.95. The molecule has 0 saturated carbocycles. The van der Waals surface area contributed by atoms with Crippen molar-refractivity contribution in [3.63, 3.8) is 0 Å². The van der Waals surface area contributed by atoms with Crippen LogP contribution in [0.25, 0.3) is 11.3 Å². The monoisotopic (exact) mass is 372 g/mol. The van der Waals surface area contributed by atoms with Crippen molar-refractivity contribution in [2.45, 2.75) is 27.2 Å². The van der Waals surface area contributed by atoms with Crippen LogP contribution in [0.15, 0.2) is 36.4 Å². The summed E-state index contributed by atoms with van der Waals surface area (Å²) in [6, 6.07) is 12.0. The summed E-state index contributed by atoms with van der Waals surface area (Å²) in [5, 5.41) is 7.38. The highest BCUT2D eigenvalue weighted by atomic mass is 16.5. The summed E-state index contributed by atoms with van der Waals surface area (Å²) in [6.45, 7) is 10.3. The van der Waals surface area contributed by atoms with Crippen molar-refractivity contribution < 1.29 is 9.53 Å². The van der Waals surface area contributed by atoms with Gasteiger partial charge in [-0.3, -0.25) is 9.48 Å². The van der Waals surface area contributed by atoms with Gasteiger partial charge in [-0.25, -0.2) is 0 Å². The maximum Gasteiger partial charge on any atom is 0.233 e. The Bertz CT molecular complexity index is 695. The summed E-state index contributed by atoms with van der Waals surface area (Å²) in [4.78, 5) is 14.6. The zero-order chi connectivity index (χ0) is 19.6. The van der Waals surface area contributed by atoms with Crippen LogP contribution in [0.5, 0.6) is 5.88 Å². The summed E-state index contributed by atoms with van der Waals surface area (Å²) in [5.41, 5.74) is 2.07. The SMILES string of the molecule is CCN(CC)CCCNC(=O)C(C)COc1cc(-c2ccccc2)n(C)n1. The molecule has 6 heteroatoms. The van der Waals surface area contributed by atoms with Gasteiger partial charge in [-0.2, -0.15) is 0 Å². The second kappa shape index (κ2) is 10.7. The average molecular weight is 373 g/mol. The summed E-state index contributed by atoms with van der Waals surface area (Å²) in [6.07, 6.45) is 0.960. The molecule has 0 saturated heterocycles. The van der Waals surface area contributed by atoms with Gasteiger partial charge in [0.05, 0.1) is 11.6 Å². The van der Waals surface area contributed by atoms with Crippen molar-refractivity contribution in [2.75, 3.05) is 32.8 Å². The Morgan fingerprint density at radius 1 is 1.26 bits per heavy atom. The van der Waals surface area contributed by atoms with Crippen LogP contribution in [-0.2, 0) is 11.8 Å². The van der Waals surface area contributed by atoms with Gasteiger partial charge < -0.3 is 15.0 Å². The lowest BCUT2D eigenvalue weighted by molar-refractivity contribution is -0.125. The van der Waals surface area contributed by atoms with Crippen molar-refractivity contribution in [3.8, 4) is 17.1 Å². The third-order valence-corrected chi connectivity index (χ3v) is 4.70. The van der Waals surface area contributed by atoms with Crippen LogP contribution in [-0.4, -0.2) is 53.4 Å². The van der Waals surface area contributed by atoms with E-state index in [0.717, 1.165) is 37.3 Å². The fourth-order valence-electron chi connectivity index (χ4n) is 2.90. The minimum Gasteiger partial charge on any atom is -0.476 e. The lowest BCUT2D eigenvalue weighted by Gasteiger charge is -2.18. The molecular weight excluding hydrogens is 340 g/mol. The first-order valence-corrected chi connectivity index (χ1v) is 9.77. The van der Waals surface area contributed by atoms with E-state index in [-0.39, 0.29) is 11.8 Å². The normalized spacial score (nSPS) is 12.2. The molecule has 0 radical (unpaired) electrons. The van der Waals surface area contributed by atoms with E-state index < -0.39 is 0 Å². The highest BCUT2D eigenvalue weighted by Crippen LogP contribution is 2.23. The van der Waals surface area contributed by atoms with E-state index in [1.54, 1.807) is 4.68 Å². The fourth-order valence-corrected chi connectivity index (χ4v) is 2.90. The molecule has 1 atom stereocenters. The Hall–Kier alpha value is -2.34. The smallest absolute Gasteiger partial charge is 0.233 e. The molecule has 2 rings (SSSR count). The van der Waals surface area contributed by atoms with E-state index in [4.69, 9.17) is 4.74 Å². The molecular formula is C21H32N4O2. The van der Waals surface area contributed by atoms with Gasteiger partial charge in [0.1, 0.15) is 6.61 Å². The van der Waals surface area contributed by atoms with Crippen LogP contribution < -0.4 is 10.1 Å². The molecule has 2 aromatic rings. The van der Waals surface area contributed by atoms with Gasteiger partial charge >= 0.3 is 0 Å². The number of ether oxygens (including phenoxy) is 1. The number of hydrogen-bond donors (Lipinski definition) is 1. The molecule has 0 aliphatic heterocycles. The first kappa shape index (κ1) is 21.0. The number of carbonyl (C=O) groups excluding carboxylic acids is 1. The van der Waals surface area contributed by atoms with E-state index in [2.05, 4.69) is 29.2 Å². The molecule has 1 aromatic carbocycles. The van der Waals surface area contributed by atoms with Crippen molar-refractivity contribution >= 4 is 5.91 Å². The van der Waals surface area contributed by atoms with Crippen LogP contribution in [0.1, 0.15) is 27.2 Å². The Morgan fingerprint density at radius 2 is 1.96 bits per heavy atom. The number of amides is 1. The maximum atomic E-state index is 12.2. The van der Waals surface area contributed by atoms with Crippen molar-refractivity contribution in [1.82, 2.24) is 20.0 Å². The Balaban J connectivity index is 1.76. The number of nitrogens with zero attached hydrogens (tertiary/aromatic N) is 3. The van der Waals surface area contributed by atoms with Crippen LogP contribution >= 0.6 is 0 Å². The van der Waals surface area contributed by atoms with Crippen molar-refractivity contribution in [2.24, 2.45) is 13.0 Å². The second-order valence-electron chi connectivity index (χ2n) is 6.74. The highest BCUT2D eigenvalue weighted by molar-refractivity contribution is 5.78. The summed E-state index contributed by atoms with van der Waals surface area (Å²) >= 11 is 0. The molecule has 0 fully saturated rings. The first-order chi connectivity index (χ1) is 13.0. The molecule has 1 heterocycles. The van der Waals surface area contributed by atoms with Gasteiger partial charge in [-0.1, -0.05) is 51.1 Å². The highest BCUT2D eigenvalue weighted by Gasteiger charge is 2.15. The lowest BCUT2D eigenvalue weighted by Crippen LogP contribution is -2.34. The van der Waals surface area contributed by atoms with Gasteiger partial charge in [-0.05, 0) is 31.6 Å². The average Bonchev–Trinajstić information content (AvgIpc) is 3.07. The Kier molecular flexibility index (Phi) is 8.33. The number of nitrogens with one attached hydrogen (secondary N) is 1. The molecule has 0 aliphatic rings. The molecule has 0 aliphatic carbocycles. The Morgan fingerprint density at radius 3 is 2.63 bits per heavy atom. The summed E-state index contributed by atoms with van der Waals surface area (Å²) in [5.74, 6) is 0.340. The molecule has 0 bridgehead atoms. The molecule has 1 aromatic heterocycles. The van der Waals surface area contributed by atoms with Gasteiger partial charge in [0, 0.05) is 19.7 Å². The molecule has 6 nitrogen and oxygen atoms in total. The molecule has 27 heavy (non-hydrogen) atoms. The zero-order valence-corrected chi connectivity index (χ0v) is 16.9. The summed E-state index contributed by atoms with van der Waals surface area (Å²) in [7, 11) is 1.89. The van der Waals surface area contributed by atoms with E-state index in [1.807, 2.05) is 50.4 Å². The quantitative estimate of drug-likeness (QED) is 0.616. The van der Waals surface area contributed by atoms with Crippen LogP contribution in [0, 0.1) is 5.92 Å². The van der Waals surface area contributed by atoms with Crippen molar-refractivity contribution in [1.29, 1.82) is 0 Å². The summed E-state index contributed by atoms with van der Waals surface area (Å²) < 4.78 is 7.54. The molecule has 1 N–H and O–H groups in total. The van der Waals surface area contributed by atoms with Gasteiger partial charge in [0.15, 0.2) is 0 Å². The largest absolute Gasteiger partial charge is 0.476 e. The van der Waals surface area contributed by atoms with Gasteiger partial charge in [0.25, 0.3) is 0 Å². The predicted molar refractivity (Wildman–Crippen MR) is 109 cm³/mol. The topological polar surface area (TPSA) is 59.4 Å². The molecule has 1 amide bonds. The molecule has 148 valence electrons. The molecule has 1 unspecified atom stereocenters. The second-order valence-corrected chi connectivity index (χ2v) is 6.74. The maximum absolute atomic E-state index is 12.2. The minimum absolute atomic E-state index is 0.0220. The first-order valence-electron chi connectivity index (χ1n) is 9.77. The number of benzene rings is 1. The van der Waals surface area contributed by atoms with Crippen molar-refractivity contribution in [3.05, 3.63) is 36.4 Å².